The van der Waals surface area contributed by atoms with Gasteiger partial charge >= 0.3 is 5.82 Å². The van der Waals surface area contributed by atoms with Crippen LogP contribution in [0.15, 0.2) is 72.9 Å². The maximum absolute atomic E-state index is 6.18. The molecule has 0 unspecified atom stereocenters. The lowest BCUT2D eigenvalue weighted by Crippen LogP contribution is -2.39. The maximum atomic E-state index is 6.18. The number of fused-ring (bicyclic) bond motifs is 2. The first kappa shape index (κ1) is 30.7. The van der Waals surface area contributed by atoms with Gasteiger partial charge in [0.05, 0.1) is 24.2 Å². The number of nitrogens with zero attached hydrogens (tertiary/aromatic N) is 10. The summed E-state index contributed by atoms with van der Waals surface area (Å²) in [6, 6.07) is 21.5. The second-order valence-electron chi connectivity index (χ2n) is 11.8. The fourth-order valence-corrected chi connectivity index (χ4v) is 6.09. The molecule has 15 heteroatoms. The molecule has 0 atom stereocenters. The van der Waals surface area contributed by atoms with Crippen LogP contribution in [0.2, 0.25) is 10.0 Å². The number of hydrogen-bond donors (Lipinski definition) is 3. The summed E-state index contributed by atoms with van der Waals surface area (Å²) in [6.07, 6.45) is 1.78. The molecular formula is C34H30Cl2N13+. The normalized spacial score (nSPS) is 11.6. The van der Waals surface area contributed by atoms with E-state index in [0.29, 0.717) is 47.1 Å². The van der Waals surface area contributed by atoms with E-state index >= 15 is 0 Å². The highest BCUT2D eigenvalue weighted by Crippen LogP contribution is 2.27. The first-order valence-electron chi connectivity index (χ1n) is 15.6. The molecule has 0 aliphatic carbocycles. The summed E-state index contributed by atoms with van der Waals surface area (Å²) in [5.74, 6) is 3.79. The van der Waals surface area contributed by atoms with E-state index in [4.69, 9.17) is 33.3 Å². The van der Waals surface area contributed by atoms with E-state index in [1.54, 1.807) is 6.20 Å². The van der Waals surface area contributed by atoms with Gasteiger partial charge in [-0.2, -0.15) is 10.2 Å². The van der Waals surface area contributed by atoms with Crippen molar-refractivity contribution < 1.29 is 4.57 Å². The average molecular weight is 692 g/mol. The molecule has 244 valence electrons. The Kier molecular flexibility index (Phi) is 7.77. The molecule has 0 radical (unpaired) electrons. The number of rotatable bonds is 9. The van der Waals surface area contributed by atoms with Gasteiger partial charge in [0.15, 0.2) is 24.0 Å². The number of H-pyrrole nitrogens is 2. The highest BCUT2D eigenvalue weighted by atomic mass is 35.5. The third-order valence-corrected chi connectivity index (χ3v) is 9.06. The summed E-state index contributed by atoms with van der Waals surface area (Å²) in [5, 5.41) is 34.5. The molecule has 6 heterocycles. The van der Waals surface area contributed by atoms with E-state index in [0.717, 1.165) is 62.0 Å². The van der Waals surface area contributed by atoms with Crippen molar-refractivity contribution in [2.24, 2.45) is 0 Å². The van der Waals surface area contributed by atoms with Crippen molar-refractivity contribution in [3.05, 3.63) is 111 Å². The monoisotopic (exact) mass is 690 g/mol. The van der Waals surface area contributed by atoms with Gasteiger partial charge in [-0.05, 0) is 67.4 Å². The highest BCUT2D eigenvalue weighted by Gasteiger charge is 2.26. The standard InChI is InChI=1S/C34H30Cl2N13/c1-19-30-28(42-40-19)12-13-29(39-30)34-46-49(21(3)48(34)17-23-6-10-26(36)11-7-23)18-38-32-27-14-24(15-37-31(27)43-44-32)33-45-41-20(2)47(33)16-22-4-8-25(35)9-5-22/h4-15H,16-18H2,1-3H3,(H,40,42)(H2,37,38,43,44)/q+1. The van der Waals surface area contributed by atoms with E-state index in [2.05, 4.69) is 50.0 Å². The molecule has 0 amide bonds. The van der Waals surface area contributed by atoms with Crippen LogP contribution in [0.5, 0.6) is 0 Å². The van der Waals surface area contributed by atoms with Gasteiger partial charge in [0.1, 0.15) is 22.6 Å². The minimum atomic E-state index is 0.343. The summed E-state index contributed by atoms with van der Waals surface area (Å²) in [7, 11) is 0. The molecule has 0 fully saturated rings. The predicted octanol–water partition coefficient (Wildman–Crippen LogP) is 6.04. The van der Waals surface area contributed by atoms with Gasteiger partial charge in [-0.1, -0.05) is 52.1 Å². The molecule has 3 N–H and O–H groups in total. The summed E-state index contributed by atoms with van der Waals surface area (Å²) in [5.41, 5.74) is 6.90. The Hall–Kier alpha value is -5.66. The molecule has 8 aromatic rings. The number of benzene rings is 2. The number of anilines is 1. The molecule has 0 aliphatic heterocycles. The smallest absolute Gasteiger partial charge is 0.327 e. The number of aromatic nitrogens is 12. The van der Waals surface area contributed by atoms with Crippen molar-refractivity contribution >= 4 is 51.1 Å². The highest BCUT2D eigenvalue weighted by molar-refractivity contribution is 6.30. The van der Waals surface area contributed by atoms with Crippen LogP contribution in [0.3, 0.4) is 0 Å². The van der Waals surface area contributed by atoms with Crippen LogP contribution in [0.25, 0.3) is 45.0 Å². The third kappa shape index (κ3) is 5.87. The Morgan fingerprint density at radius 1 is 0.857 bits per heavy atom. The summed E-state index contributed by atoms with van der Waals surface area (Å²) in [4.78, 5) is 9.58. The maximum Gasteiger partial charge on any atom is 0.327 e. The van der Waals surface area contributed by atoms with Gasteiger partial charge in [-0.3, -0.25) is 10.2 Å². The fraction of sp³-hybridized carbons (Fsp3) is 0.176. The van der Waals surface area contributed by atoms with E-state index in [9.17, 15) is 0 Å². The first-order valence-corrected chi connectivity index (χ1v) is 16.3. The van der Waals surface area contributed by atoms with Crippen molar-refractivity contribution in [3.8, 4) is 22.9 Å². The molecule has 0 bridgehead atoms. The molecule has 13 nitrogen and oxygen atoms in total. The van der Waals surface area contributed by atoms with Crippen LogP contribution >= 0.6 is 23.2 Å². The van der Waals surface area contributed by atoms with E-state index in [1.807, 2.05) is 92.2 Å². The van der Waals surface area contributed by atoms with Crippen LogP contribution in [-0.2, 0) is 19.8 Å². The zero-order valence-corrected chi connectivity index (χ0v) is 28.3. The summed E-state index contributed by atoms with van der Waals surface area (Å²) in [6.45, 7) is 7.45. The van der Waals surface area contributed by atoms with Crippen LogP contribution < -0.4 is 9.88 Å². The second-order valence-corrected chi connectivity index (χ2v) is 12.7. The molecule has 0 saturated heterocycles. The summed E-state index contributed by atoms with van der Waals surface area (Å²) < 4.78 is 6.11. The van der Waals surface area contributed by atoms with E-state index < -0.39 is 0 Å². The zero-order chi connectivity index (χ0) is 33.6. The van der Waals surface area contributed by atoms with Gasteiger partial charge in [0.25, 0.3) is 0 Å². The molecule has 49 heavy (non-hydrogen) atoms. The quantitative estimate of drug-likeness (QED) is 0.155. The van der Waals surface area contributed by atoms with Crippen molar-refractivity contribution in [1.29, 1.82) is 0 Å². The Labute approximate surface area is 290 Å². The third-order valence-electron chi connectivity index (χ3n) is 8.55. The average Bonchev–Trinajstić information content (AvgIpc) is 3.87. The molecule has 2 aromatic carbocycles. The number of aryl methyl sites for hydroxylation is 2. The summed E-state index contributed by atoms with van der Waals surface area (Å²) >= 11 is 12.3. The number of halogens is 2. The van der Waals surface area contributed by atoms with Crippen molar-refractivity contribution in [3.63, 3.8) is 0 Å². The topological polar surface area (TPSA) is 148 Å². The lowest BCUT2D eigenvalue weighted by Gasteiger charge is -2.09. The van der Waals surface area contributed by atoms with Gasteiger partial charge in [0, 0.05) is 33.8 Å². The fourth-order valence-electron chi connectivity index (χ4n) is 5.84. The SMILES string of the molecule is Cc1[nH]nc2ccc(-c3nn(CNc4n[nH]c5ncc(-c6nnc(C)n6Cc6ccc(Cl)cc6)cc45)c(C)[n+]3Cc3ccc(Cl)cc3)nc12. The van der Waals surface area contributed by atoms with Crippen molar-refractivity contribution in [2.75, 3.05) is 5.32 Å². The number of aromatic amines is 2. The number of nitrogens with one attached hydrogen (secondary N) is 3. The Morgan fingerprint density at radius 2 is 1.61 bits per heavy atom. The van der Waals surface area contributed by atoms with E-state index in [1.165, 1.54) is 0 Å². The molecule has 8 rings (SSSR count). The molecule has 6 aromatic heterocycles. The van der Waals surface area contributed by atoms with Crippen LogP contribution in [0.1, 0.15) is 28.5 Å². The van der Waals surface area contributed by atoms with Gasteiger partial charge in [-0.25, -0.2) is 14.5 Å². The van der Waals surface area contributed by atoms with Gasteiger partial charge in [-0.15, -0.1) is 10.2 Å². The van der Waals surface area contributed by atoms with Gasteiger partial charge < -0.3 is 9.88 Å². The minimum Gasteiger partial charge on any atom is -0.336 e. The Morgan fingerprint density at radius 3 is 2.39 bits per heavy atom. The Balaban J connectivity index is 1.11. The van der Waals surface area contributed by atoms with Gasteiger partial charge in [0.2, 0.25) is 5.82 Å². The number of pyridine rings is 2. The van der Waals surface area contributed by atoms with Crippen molar-refractivity contribution in [1.82, 2.24) is 54.9 Å². The van der Waals surface area contributed by atoms with Crippen molar-refractivity contribution in [2.45, 2.75) is 40.5 Å². The van der Waals surface area contributed by atoms with Crippen LogP contribution in [0.4, 0.5) is 5.82 Å². The second kappa shape index (κ2) is 12.4. The largest absolute Gasteiger partial charge is 0.336 e. The number of hydrogen-bond acceptors (Lipinski definition) is 8. The first-order chi connectivity index (χ1) is 23.8. The molecular weight excluding hydrogens is 661 g/mol. The Bertz CT molecular complexity index is 2460. The predicted molar refractivity (Wildman–Crippen MR) is 187 cm³/mol. The minimum absolute atomic E-state index is 0.343. The molecule has 0 spiro atoms. The molecule has 0 saturated carbocycles. The lowest BCUT2D eigenvalue weighted by atomic mass is 10.2. The van der Waals surface area contributed by atoms with Crippen LogP contribution in [-0.4, -0.2) is 54.9 Å². The molecule has 0 aliphatic rings. The van der Waals surface area contributed by atoms with Crippen LogP contribution in [0, 0.1) is 20.8 Å². The zero-order valence-electron chi connectivity index (χ0n) is 26.8. The van der Waals surface area contributed by atoms with E-state index in [-0.39, 0.29) is 0 Å². The lowest BCUT2D eigenvalue weighted by molar-refractivity contribution is -0.684.